The van der Waals surface area contributed by atoms with Gasteiger partial charge in [0.25, 0.3) is 5.91 Å². The van der Waals surface area contributed by atoms with Crippen molar-refractivity contribution in [3.63, 3.8) is 0 Å². The van der Waals surface area contributed by atoms with Crippen molar-refractivity contribution in [1.82, 2.24) is 9.97 Å². The Kier molecular flexibility index (Phi) is 5.99. The number of hydrogen-bond acceptors (Lipinski definition) is 5. The van der Waals surface area contributed by atoms with E-state index in [1.54, 1.807) is 56.2 Å². The Hall–Kier alpha value is -3.41. The lowest BCUT2D eigenvalue weighted by Gasteiger charge is -2.19. The molecule has 0 aliphatic carbocycles. The molecule has 3 rings (SSSR count). The summed E-state index contributed by atoms with van der Waals surface area (Å²) in [6.07, 6.45) is 7.80. The van der Waals surface area contributed by atoms with Gasteiger partial charge in [-0.2, -0.15) is 0 Å². The second kappa shape index (κ2) is 8.80. The summed E-state index contributed by atoms with van der Waals surface area (Å²) in [7, 11) is 3.60. The molecule has 27 heavy (non-hydrogen) atoms. The lowest BCUT2D eigenvalue weighted by molar-refractivity contribution is 0.102. The molecule has 2 aromatic heterocycles. The molecule has 0 saturated carbocycles. The van der Waals surface area contributed by atoms with E-state index in [0.717, 1.165) is 24.4 Å². The van der Waals surface area contributed by atoms with E-state index in [4.69, 9.17) is 4.74 Å². The van der Waals surface area contributed by atoms with Crippen LogP contribution in [0.1, 0.15) is 15.9 Å². The first-order valence-corrected chi connectivity index (χ1v) is 8.66. The second-order valence-electron chi connectivity index (χ2n) is 6.14. The van der Waals surface area contributed by atoms with E-state index in [1.807, 2.05) is 25.2 Å². The molecule has 3 aromatic rings. The fourth-order valence-electron chi connectivity index (χ4n) is 2.61. The number of carbonyl (C=O) groups excluding carboxylic acids is 1. The lowest BCUT2D eigenvalue weighted by atomic mass is 10.2. The maximum atomic E-state index is 12.5. The fraction of sp³-hybridized carbons (Fsp3) is 0.190. The number of pyridine rings is 2. The molecule has 0 aliphatic heterocycles. The minimum Gasteiger partial charge on any atom is -0.497 e. The lowest BCUT2D eigenvalue weighted by Crippen LogP contribution is -2.21. The monoisotopic (exact) mass is 362 g/mol. The molecule has 0 saturated heterocycles. The van der Waals surface area contributed by atoms with Gasteiger partial charge in [-0.25, -0.2) is 0 Å². The normalized spacial score (nSPS) is 10.3. The number of hydrogen-bond donors (Lipinski definition) is 1. The van der Waals surface area contributed by atoms with Gasteiger partial charge in [0.2, 0.25) is 0 Å². The van der Waals surface area contributed by atoms with E-state index in [2.05, 4.69) is 20.2 Å². The Labute approximate surface area is 158 Å². The van der Waals surface area contributed by atoms with Crippen molar-refractivity contribution in [2.24, 2.45) is 0 Å². The molecule has 0 bridgehead atoms. The van der Waals surface area contributed by atoms with Crippen molar-refractivity contribution >= 4 is 17.3 Å². The van der Waals surface area contributed by atoms with Crippen LogP contribution in [0.15, 0.2) is 67.3 Å². The summed E-state index contributed by atoms with van der Waals surface area (Å²) in [4.78, 5) is 22.8. The molecule has 0 atom stereocenters. The largest absolute Gasteiger partial charge is 0.497 e. The average molecular weight is 362 g/mol. The van der Waals surface area contributed by atoms with Gasteiger partial charge in [-0.1, -0.05) is 0 Å². The number of carbonyl (C=O) groups is 1. The van der Waals surface area contributed by atoms with Crippen molar-refractivity contribution in [2.75, 3.05) is 30.9 Å². The number of anilines is 2. The Bertz CT molecular complexity index is 882. The molecular weight excluding hydrogens is 340 g/mol. The quantitative estimate of drug-likeness (QED) is 0.698. The number of benzene rings is 1. The highest BCUT2D eigenvalue weighted by Gasteiger charge is 2.10. The van der Waals surface area contributed by atoms with E-state index in [9.17, 15) is 4.79 Å². The zero-order valence-electron chi connectivity index (χ0n) is 15.4. The van der Waals surface area contributed by atoms with E-state index in [1.165, 1.54) is 5.56 Å². The van der Waals surface area contributed by atoms with Crippen LogP contribution in [0.4, 0.5) is 11.4 Å². The molecule has 1 amide bonds. The Morgan fingerprint density at radius 3 is 2.52 bits per heavy atom. The molecule has 2 heterocycles. The topological polar surface area (TPSA) is 67.3 Å². The van der Waals surface area contributed by atoms with Crippen LogP contribution in [0, 0.1) is 0 Å². The number of likely N-dealkylation sites (N-methyl/N-ethyl adjacent to an activating group) is 1. The van der Waals surface area contributed by atoms with Gasteiger partial charge in [-0.05, 0) is 54.4 Å². The SMILES string of the molecule is COc1ccc(NC(=O)c2cncc(N(C)CCc3ccncc3)c2)cc1. The zero-order chi connectivity index (χ0) is 19.1. The maximum Gasteiger partial charge on any atom is 0.257 e. The molecule has 0 aliphatic rings. The third kappa shape index (κ3) is 5.04. The van der Waals surface area contributed by atoms with Crippen LogP contribution in [0.5, 0.6) is 5.75 Å². The summed E-state index contributed by atoms with van der Waals surface area (Å²) in [5.74, 6) is 0.546. The first-order valence-electron chi connectivity index (χ1n) is 8.66. The van der Waals surface area contributed by atoms with E-state index in [-0.39, 0.29) is 5.91 Å². The van der Waals surface area contributed by atoms with Crippen LogP contribution < -0.4 is 15.0 Å². The van der Waals surface area contributed by atoms with Crippen molar-refractivity contribution in [2.45, 2.75) is 6.42 Å². The highest BCUT2D eigenvalue weighted by molar-refractivity contribution is 6.04. The maximum absolute atomic E-state index is 12.5. The molecule has 0 radical (unpaired) electrons. The van der Waals surface area contributed by atoms with Gasteiger partial charge >= 0.3 is 0 Å². The van der Waals surface area contributed by atoms with Crippen LogP contribution in [0.3, 0.4) is 0 Å². The van der Waals surface area contributed by atoms with Gasteiger partial charge in [-0.3, -0.25) is 14.8 Å². The molecule has 6 heteroatoms. The summed E-state index contributed by atoms with van der Waals surface area (Å²) in [5.41, 5.74) is 3.33. The van der Waals surface area contributed by atoms with Gasteiger partial charge in [-0.15, -0.1) is 0 Å². The van der Waals surface area contributed by atoms with Crippen LogP contribution in [-0.2, 0) is 6.42 Å². The molecular formula is C21H22N4O2. The standard InChI is InChI=1S/C21H22N4O2/c1-25(12-9-16-7-10-22-11-8-16)19-13-17(14-23-15-19)21(26)24-18-3-5-20(27-2)6-4-18/h3-8,10-11,13-15H,9,12H2,1-2H3,(H,24,26). The van der Waals surface area contributed by atoms with Gasteiger partial charge in [0, 0.05) is 37.9 Å². The number of nitrogens with zero attached hydrogens (tertiary/aromatic N) is 3. The van der Waals surface area contributed by atoms with Crippen LogP contribution in [0.2, 0.25) is 0 Å². The molecule has 0 unspecified atom stereocenters. The molecule has 0 spiro atoms. The first kappa shape index (κ1) is 18.4. The summed E-state index contributed by atoms with van der Waals surface area (Å²) in [6, 6.07) is 13.1. The van der Waals surface area contributed by atoms with Crippen LogP contribution in [-0.4, -0.2) is 36.6 Å². The molecule has 138 valence electrons. The van der Waals surface area contributed by atoms with E-state index >= 15 is 0 Å². The predicted molar refractivity (Wildman–Crippen MR) is 106 cm³/mol. The van der Waals surface area contributed by atoms with Crippen molar-refractivity contribution in [1.29, 1.82) is 0 Å². The zero-order valence-corrected chi connectivity index (χ0v) is 15.4. The number of amides is 1. The summed E-state index contributed by atoms with van der Waals surface area (Å²) >= 11 is 0. The summed E-state index contributed by atoms with van der Waals surface area (Å²) in [5, 5.41) is 2.87. The predicted octanol–water partition coefficient (Wildman–Crippen LogP) is 3.42. The Morgan fingerprint density at radius 1 is 1.07 bits per heavy atom. The van der Waals surface area contributed by atoms with Gasteiger partial charge < -0.3 is 15.0 Å². The van der Waals surface area contributed by atoms with Crippen LogP contribution >= 0.6 is 0 Å². The van der Waals surface area contributed by atoms with E-state index < -0.39 is 0 Å². The van der Waals surface area contributed by atoms with Crippen molar-refractivity contribution in [3.8, 4) is 5.75 Å². The van der Waals surface area contributed by atoms with Gasteiger partial charge in [0.05, 0.1) is 24.6 Å². The number of methoxy groups -OCH3 is 1. The average Bonchev–Trinajstić information content (AvgIpc) is 2.73. The molecule has 6 nitrogen and oxygen atoms in total. The smallest absolute Gasteiger partial charge is 0.257 e. The molecule has 1 N–H and O–H groups in total. The highest BCUT2D eigenvalue weighted by atomic mass is 16.5. The summed E-state index contributed by atoms with van der Waals surface area (Å²) in [6.45, 7) is 0.815. The number of aromatic nitrogens is 2. The van der Waals surface area contributed by atoms with Crippen molar-refractivity contribution in [3.05, 3.63) is 78.4 Å². The number of rotatable bonds is 7. The van der Waals surface area contributed by atoms with Crippen molar-refractivity contribution < 1.29 is 9.53 Å². The van der Waals surface area contributed by atoms with Gasteiger partial charge in [0.15, 0.2) is 0 Å². The third-order valence-electron chi connectivity index (χ3n) is 4.26. The Balaban J connectivity index is 1.63. The minimum atomic E-state index is -0.197. The highest BCUT2D eigenvalue weighted by Crippen LogP contribution is 2.18. The van der Waals surface area contributed by atoms with E-state index in [0.29, 0.717) is 11.3 Å². The molecule has 1 aromatic carbocycles. The summed E-state index contributed by atoms with van der Waals surface area (Å²) < 4.78 is 5.12. The Morgan fingerprint density at radius 2 is 1.81 bits per heavy atom. The fourth-order valence-corrected chi connectivity index (χ4v) is 2.61. The van der Waals surface area contributed by atoms with Gasteiger partial charge in [0.1, 0.15) is 5.75 Å². The second-order valence-corrected chi connectivity index (χ2v) is 6.14. The number of ether oxygens (including phenoxy) is 1. The third-order valence-corrected chi connectivity index (χ3v) is 4.26. The van der Waals surface area contributed by atoms with Crippen LogP contribution in [0.25, 0.3) is 0 Å². The first-order chi connectivity index (χ1) is 13.2. The number of nitrogens with one attached hydrogen (secondary N) is 1. The molecule has 0 fully saturated rings. The minimum absolute atomic E-state index is 0.197.